The summed E-state index contributed by atoms with van der Waals surface area (Å²) in [6, 6.07) is 10.7. The number of aryl methyl sites for hydroxylation is 1. The fraction of sp³-hybridized carbons (Fsp3) is 0.500. The number of anilines is 1. The van der Waals surface area contributed by atoms with Crippen molar-refractivity contribution >= 4 is 26.6 Å². The van der Waals surface area contributed by atoms with Crippen LogP contribution in [0.5, 0.6) is 17.2 Å². The summed E-state index contributed by atoms with van der Waals surface area (Å²) in [5, 5.41) is 0.987. The zero-order chi connectivity index (χ0) is 27.1. The number of methoxy groups -OCH3 is 3. The molecule has 1 fully saturated rings. The largest absolute Gasteiger partial charge is 0.493 e. The lowest BCUT2D eigenvalue weighted by molar-refractivity contribution is 0.0371. The van der Waals surface area contributed by atoms with E-state index in [1.54, 1.807) is 0 Å². The summed E-state index contributed by atoms with van der Waals surface area (Å²) in [6.07, 6.45) is 5.81. The minimum Gasteiger partial charge on any atom is -0.493 e. The van der Waals surface area contributed by atoms with Gasteiger partial charge in [-0.3, -0.25) is 9.21 Å². The molecular weight excluding hydrogens is 506 g/mol. The predicted octanol–water partition coefficient (Wildman–Crippen LogP) is 4.29. The topological polar surface area (TPSA) is 82.5 Å². The maximum absolute atomic E-state index is 14.1. The normalized spacial score (nSPS) is 14.5. The van der Waals surface area contributed by atoms with E-state index in [1.807, 2.05) is 42.1 Å². The van der Waals surface area contributed by atoms with E-state index < -0.39 is 10.0 Å². The van der Waals surface area contributed by atoms with Crippen LogP contribution >= 0.6 is 0 Å². The third-order valence-corrected chi connectivity index (χ3v) is 8.88. The van der Waals surface area contributed by atoms with E-state index in [2.05, 4.69) is 4.90 Å². The second kappa shape index (κ2) is 12.7. The molecule has 0 aliphatic carbocycles. The second-order valence-corrected chi connectivity index (χ2v) is 11.3. The Morgan fingerprint density at radius 1 is 0.895 bits per heavy atom. The molecule has 2 aromatic carbocycles. The SMILES string of the molecule is COc1cc(S(=O)(=O)N(CCCCCCN2CCOCC2)c2ccc3c(ccn3C)c2)cc(OC)c1OC. The van der Waals surface area contributed by atoms with Crippen LogP contribution in [-0.4, -0.2) is 78.6 Å². The van der Waals surface area contributed by atoms with E-state index in [0.717, 1.165) is 69.4 Å². The average Bonchev–Trinajstić information content (AvgIpc) is 3.31. The molecule has 0 amide bonds. The quantitative estimate of drug-likeness (QED) is 0.296. The Labute approximate surface area is 225 Å². The molecule has 1 saturated heterocycles. The van der Waals surface area contributed by atoms with Crippen LogP contribution in [0.4, 0.5) is 5.69 Å². The Morgan fingerprint density at radius 2 is 1.58 bits per heavy atom. The minimum atomic E-state index is -3.93. The molecule has 9 nitrogen and oxygen atoms in total. The van der Waals surface area contributed by atoms with Crippen LogP contribution in [-0.2, 0) is 21.8 Å². The molecule has 10 heteroatoms. The first kappa shape index (κ1) is 28.1. The van der Waals surface area contributed by atoms with Gasteiger partial charge >= 0.3 is 0 Å². The Hall–Kier alpha value is -2.95. The van der Waals surface area contributed by atoms with Crippen molar-refractivity contribution in [3.05, 3.63) is 42.6 Å². The number of morpholine rings is 1. The van der Waals surface area contributed by atoms with Crippen LogP contribution in [0.2, 0.25) is 0 Å². The molecule has 3 aromatic rings. The predicted molar refractivity (Wildman–Crippen MR) is 149 cm³/mol. The Kier molecular flexibility index (Phi) is 9.40. The van der Waals surface area contributed by atoms with Gasteiger partial charge in [0.1, 0.15) is 0 Å². The number of hydrogen-bond acceptors (Lipinski definition) is 7. The first-order chi connectivity index (χ1) is 18.4. The van der Waals surface area contributed by atoms with Crippen molar-refractivity contribution in [3.63, 3.8) is 0 Å². The van der Waals surface area contributed by atoms with Crippen molar-refractivity contribution in [1.82, 2.24) is 9.47 Å². The van der Waals surface area contributed by atoms with Crippen LogP contribution in [0.1, 0.15) is 25.7 Å². The molecule has 0 N–H and O–H groups in total. The highest BCUT2D eigenvalue weighted by atomic mass is 32.2. The Bertz CT molecular complexity index is 1290. The lowest BCUT2D eigenvalue weighted by Crippen LogP contribution is -2.36. The van der Waals surface area contributed by atoms with Crippen molar-refractivity contribution in [1.29, 1.82) is 0 Å². The first-order valence-corrected chi connectivity index (χ1v) is 14.5. The molecule has 4 rings (SSSR count). The van der Waals surface area contributed by atoms with Gasteiger partial charge in [0.05, 0.1) is 45.1 Å². The van der Waals surface area contributed by atoms with Gasteiger partial charge in [-0.25, -0.2) is 8.42 Å². The second-order valence-electron chi connectivity index (χ2n) is 9.48. The first-order valence-electron chi connectivity index (χ1n) is 13.1. The molecule has 0 radical (unpaired) electrons. The van der Waals surface area contributed by atoms with Crippen molar-refractivity contribution in [3.8, 4) is 17.2 Å². The zero-order valence-electron chi connectivity index (χ0n) is 22.8. The van der Waals surface area contributed by atoms with Gasteiger partial charge in [-0.15, -0.1) is 0 Å². The van der Waals surface area contributed by atoms with Gasteiger partial charge in [0, 0.05) is 55.9 Å². The summed E-state index contributed by atoms with van der Waals surface area (Å²) in [7, 11) is 2.50. The number of ether oxygens (including phenoxy) is 4. The lowest BCUT2D eigenvalue weighted by Gasteiger charge is -2.27. The lowest BCUT2D eigenvalue weighted by atomic mass is 10.1. The van der Waals surface area contributed by atoms with E-state index in [9.17, 15) is 8.42 Å². The van der Waals surface area contributed by atoms with Crippen LogP contribution in [0, 0.1) is 0 Å². The summed E-state index contributed by atoms with van der Waals surface area (Å²) < 4.78 is 53.4. The molecule has 1 aromatic heterocycles. The van der Waals surface area contributed by atoms with Crippen molar-refractivity contribution in [2.45, 2.75) is 30.6 Å². The van der Waals surface area contributed by atoms with E-state index >= 15 is 0 Å². The van der Waals surface area contributed by atoms with E-state index in [1.165, 1.54) is 37.8 Å². The minimum absolute atomic E-state index is 0.0903. The summed E-state index contributed by atoms with van der Waals surface area (Å²) >= 11 is 0. The van der Waals surface area contributed by atoms with E-state index in [0.29, 0.717) is 29.5 Å². The molecule has 0 spiro atoms. The van der Waals surface area contributed by atoms with Crippen LogP contribution in [0.15, 0.2) is 47.5 Å². The summed E-state index contributed by atoms with van der Waals surface area (Å²) in [5.74, 6) is 0.950. The zero-order valence-corrected chi connectivity index (χ0v) is 23.6. The van der Waals surface area contributed by atoms with Gasteiger partial charge in [0.15, 0.2) is 11.5 Å². The molecule has 1 aliphatic heterocycles. The Morgan fingerprint density at radius 3 is 2.24 bits per heavy atom. The van der Waals surface area contributed by atoms with E-state index in [-0.39, 0.29) is 4.90 Å². The maximum atomic E-state index is 14.1. The van der Waals surface area contributed by atoms with Crippen LogP contribution in [0.25, 0.3) is 10.9 Å². The molecule has 38 heavy (non-hydrogen) atoms. The summed E-state index contributed by atoms with van der Waals surface area (Å²) in [6.45, 7) is 5.01. The van der Waals surface area contributed by atoms with Gasteiger partial charge in [-0.05, 0) is 43.7 Å². The van der Waals surface area contributed by atoms with Gasteiger partial charge in [-0.1, -0.05) is 12.8 Å². The average molecular weight is 546 g/mol. The molecule has 0 saturated carbocycles. The molecular formula is C28H39N3O6S. The number of aromatic nitrogens is 1. The molecule has 0 bridgehead atoms. The van der Waals surface area contributed by atoms with Crippen molar-refractivity contribution < 1.29 is 27.4 Å². The standard InChI is InChI=1S/C28H39N3O6S/c1-29-14-11-22-19-23(9-10-25(22)29)31(13-8-6-5-7-12-30-15-17-37-18-16-30)38(32,33)24-20-26(34-2)28(36-4)27(21-24)35-3/h9-11,14,19-21H,5-8,12-13,15-18H2,1-4H3. The number of unbranched alkanes of at least 4 members (excludes halogenated alkanes) is 3. The summed E-state index contributed by atoms with van der Waals surface area (Å²) in [4.78, 5) is 2.52. The van der Waals surface area contributed by atoms with Gasteiger partial charge in [0.25, 0.3) is 10.0 Å². The highest BCUT2D eigenvalue weighted by Gasteiger charge is 2.28. The number of fused-ring (bicyclic) bond motifs is 1. The third kappa shape index (κ3) is 6.19. The van der Waals surface area contributed by atoms with Gasteiger partial charge in [0.2, 0.25) is 5.75 Å². The number of rotatable bonds is 13. The molecule has 0 atom stereocenters. The third-order valence-electron chi connectivity index (χ3n) is 7.07. The molecule has 2 heterocycles. The molecule has 208 valence electrons. The van der Waals surface area contributed by atoms with Crippen LogP contribution < -0.4 is 18.5 Å². The fourth-order valence-electron chi connectivity index (χ4n) is 4.91. The number of hydrogen-bond donors (Lipinski definition) is 0. The fourth-order valence-corrected chi connectivity index (χ4v) is 6.44. The number of sulfonamides is 1. The van der Waals surface area contributed by atoms with Crippen molar-refractivity contribution in [2.75, 3.05) is 65.0 Å². The molecule has 1 aliphatic rings. The van der Waals surface area contributed by atoms with Crippen molar-refractivity contribution in [2.24, 2.45) is 7.05 Å². The Balaban J connectivity index is 1.56. The van der Waals surface area contributed by atoms with Gasteiger partial charge < -0.3 is 23.5 Å². The smallest absolute Gasteiger partial charge is 0.264 e. The van der Waals surface area contributed by atoms with Crippen LogP contribution in [0.3, 0.4) is 0 Å². The molecule has 0 unspecified atom stereocenters. The van der Waals surface area contributed by atoms with Gasteiger partial charge in [-0.2, -0.15) is 0 Å². The maximum Gasteiger partial charge on any atom is 0.264 e. The summed E-state index contributed by atoms with van der Waals surface area (Å²) in [5.41, 5.74) is 1.67. The highest BCUT2D eigenvalue weighted by Crippen LogP contribution is 2.41. The number of nitrogens with zero attached hydrogens (tertiary/aromatic N) is 3. The monoisotopic (exact) mass is 545 g/mol. The number of benzene rings is 2. The van der Waals surface area contributed by atoms with E-state index in [4.69, 9.17) is 18.9 Å². The highest BCUT2D eigenvalue weighted by molar-refractivity contribution is 7.92.